The molecule has 1 aromatic carbocycles. The lowest BCUT2D eigenvalue weighted by molar-refractivity contribution is -0.119. The van der Waals surface area contributed by atoms with Crippen LogP contribution < -0.4 is 11.1 Å². The number of aliphatic imine (C=N–C) groups is 1. The summed E-state index contributed by atoms with van der Waals surface area (Å²) in [5.41, 5.74) is 6.86. The summed E-state index contributed by atoms with van der Waals surface area (Å²) in [6.45, 7) is 7.19. The van der Waals surface area contributed by atoms with Gasteiger partial charge in [-0.1, -0.05) is 44.2 Å². The molecule has 0 aliphatic carbocycles. The highest BCUT2D eigenvalue weighted by Gasteiger charge is 2.30. The molecule has 1 amide bonds. The van der Waals surface area contributed by atoms with E-state index in [2.05, 4.69) is 59.4 Å². The second-order valence-electron chi connectivity index (χ2n) is 7.38. The van der Waals surface area contributed by atoms with E-state index in [-0.39, 0.29) is 11.3 Å². The molecule has 1 heterocycles. The molecule has 0 aromatic heterocycles. The number of carbonyl (C=O) groups is 1. The molecule has 1 unspecified atom stereocenters. The molecule has 26 heavy (non-hydrogen) atoms. The number of likely N-dealkylation sites (tertiary alicyclic amines) is 1. The molecule has 5 heteroatoms. The summed E-state index contributed by atoms with van der Waals surface area (Å²) in [5, 5.41) is 3.61. The van der Waals surface area contributed by atoms with E-state index in [0.29, 0.717) is 12.3 Å². The van der Waals surface area contributed by atoms with Gasteiger partial charge in [0.15, 0.2) is 5.96 Å². The lowest BCUT2D eigenvalue weighted by Crippen LogP contribution is -2.50. The number of hydrogen-bond acceptors (Lipinski definition) is 2. The Morgan fingerprint density at radius 2 is 2.00 bits per heavy atom. The van der Waals surface area contributed by atoms with Gasteiger partial charge in [-0.25, -0.2) is 0 Å². The van der Waals surface area contributed by atoms with Crippen LogP contribution in [0.4, 0.5) is 0 Å². The number of primary amides is 1. The van der Waals surface area contributed by atoms with Gasteiger partial charge in [0.2, 0.25) is 5.91 Å². The molecule has 1 aromatic rings. The summed E-state index contributed by atoms with van der Waals surface area (Å²) in [7, 11) is 1.84. The van der Waals surface area contributed by atoms with E-state index in [1.54, 1.807) is 0 Å². The Kier molecular flexibility index (Phi) is 7.49. The fourth-order valence-corrected chi connectivity index (χ4v) is 4.09. The Bertz CT molecular complexity index is 595. The van der Waals surface area contributed by atoms with Crippen LogP contribution >= 0.6 is 0 Å². The zero-order valence-electron chi connectivity index (χ0n) is 16.5. The smallest absolute Gasteiger partial charge is 0.217 e. The van der Waals surface area contributed by atoms with E-state index >= 15 is 0 Å². The minimum atomic E-state index is -0.208. The fraction of sp³-hybridized carbons (Fsp3) is 0.619. The van der Waals surface area contributed by atoms with Crippen molar-refractivity contribution in [3.05, 3.63) is 35.9 Å². The molecule has 1 saturated heterocycles. The highest BCUT2D eigenvalue weighted by molar-refractivity contribution is 5.80. The minimum absolute atomic E-state index is 0.0968. The monoisotopic (exact) mass is 358 g/mol. The van der Waals surface area contributed by atoms with Crippen LogP contribution in [0.25, 0.3) is 0 Å². The molecule has 1 aliphatic heterocycles. The summed E-state index contributed by atoms with van der Waals surface area (Å²) in [6, 6.07) is 10.7. The minimum Gasteiger partial charge on any atom is -0.370 e. The van der Waals surface area contributed by atoms with Gasteiger partial charge < -0.3 is 16.0 Å². The molecule has 0 radical (unpaired) electrons. The third kappa shape index (κ3) is 4.99. The van der Waals surface area contributed by atoms with Crippen LogP contribution in [0.5, 0.6) is 0 Å². The Morgan fingerprint density at radius 1 is 1.31 bits per heavy atom. The first-order valence-electron chi connectivity index (χ1n) is 9.84. The standard InChI is InChI=1S/C21H34N4O/c1-4-21(5-2,18-11-7-6-8-12-18)16-24-20(23-3)25-13-9-10-17(15-25)14-19(22)26/h6-8,11-12,17H,4-5,9-10,13-16H2,1-3H3,(H2,22,26)(H,23,24). The average Bonchev–Trinajstić information content (AvgIpc) is 2.66. The molecule has 1 atom stereocenters. The first-order valence-corrected chi connectivity index (χ1v) is 9.84. The van der Waals surface area contributed by atoms with Gasteiger partial charge in [-0.15, -0.1) is 0 Å². The Labute approximate surface area is 158 Å². The van der Waals surface area contributed by atoms with Gasteiger partial charge in [0.1, 0.15) is 0 Å². The highest BCUT2D eigenvalue weighted by atomic mass is 16.1. The topological polar surface area (TPSA) is 70.7 Å². The predicted octanol–water partition coefficient (Wildman–Crippen LogP) is 2.91. The fourth-order valence-electron chi connectivity index (χ4n) is 4.09. The van der Waals surface area contributed by atoms with E-state index in [1.165, 1.54) is 5.56 Å². The molecule has 144 valence electrons. The zero-order chi connectivity index (χ0) is 19.0. The molecule has 0 bridgehead atoms. The van der Waals surface area contributed by atoms with Crippen molar-refractivity contribution in [2.45, 2.75) is 51.4 Å². The summed E-state index contributed by atoms with van der Waals surface area (Å²) in [4.78, 5) is 18.0. The van der Waals surface area contributed by atoms with Crippen molar-refractivity contribution in [2.24, 2.45) is 16.6 Å². The Morgan fingerprint density at radius 3 is 2.58 bits per heavy atom. The SMILES string of the molecule is CCC(CC)(CNC(=NC)N1CCCC(CC(N)=O)C1)c1ccccc1. The Hall–Kier alpha value is -2.04. The molecule has 0 saturated carbocycles. The summed E-state index contributed by atoms with van der Waals surface area (Å²) >= 11 is 0. The number of benzene rings is 1. The van der Waals surface area contributed by atoms with E-state index < -0.39 is 0 Å². The van der Waals surface area contributed by atoms with Crippen molar-refractivity contribution in [3.63, 3.8) is 0 Å². The molecule has 1 aliphatic rings. The molecule has 5 nitrogen and oxygen atoms in total. The lowest BCUT2D eigenvalue weighted by Gasteiger charge is -2.38. The van der Waals surface area contributed by atoms with Crippen molar-refractivity contribution in [2.75, 3.05) is 26.7 Å². The van der Waals surface area contributed by atoms with Crippen molar-refractivity contribution in [3.8, 4) is 0 Å². The number of piperidine rings is 1. The quantitative estimate of drug-likeness (QED) is 0.581. The van der Waals surface area contributed by atoms with Crippen LogP contribution in [0.15, 0.2) is 35.3 Å². The van der Waals surface area contributed by atoms with Gasteiger partial charge in [0, 0.05) is 38.5 Å². The number of nitrogens with zero attached hydrogens (tertiary/aromatic N) is 2. The van der Waals surface area contributed by atoms with Gasteiger partial charge in [0.05, 0.1) is 0 Å². The van der Waals surface area contributed by atoms with E-state index in [1.807, 2.05) is 7.05 Å². The Balaban J connectivity index is 2.06. The van der Waals surface area contributed by atoms with Crippen molar-refractivity contribution < 1.29 is 4.79 Å². The third-order valence-electron chi connectivity index (χ3n) is 5.84. The molecule has 2 rings (SSSR count). The molecule has 1 fully saturated rings. The van der Waals surface area contributed by atoms with Crippen LogP contribution in [0, 0.1) is 5.92 Å². The zero-order valence-corrected chi connectivity index (χ0v) is 16.5. The normalized spacial score (nSPS) is 18.7. The van der Waals surface area contributed by atoms with Crippen molar-refractivity contribution in [1.82, 2.24) is 10.2 Å². The lowest BCUT2D eigenvalue weighted by atomic mass is 9.76. The van der Waals surface area contributed by atoms with Crippen molar-refractivity contribution in [1.29, 1.82) is 0 Å². The summed E-state index contributed by atoms with van der Waals surface area (Å²) in [6.07, 6.45) is 4.74. The van der Waals surface area contributed by atoms with Crippen LogP contribution in [-0.4, -0.2) is 43.4 Å². The number of nitrogens with one attached hydrogen (secondary N) is 1. The van der Waals surface area contributed by atoms with Crippen LogP contribution in [0.1, 0.15) is 51.5 Å². The number of hydrogen-bond donors (Lipinski definition) is 2. The average molecular weight is 359 g/mol. The van der Waals surface area contributed by atoms with Gasteiger partial charge in [-0.05, 0) is 37.2 Å². The molecule has 0 spiro atoms. The predicted molar refractivity (Wildman–Crippen MR) is 108 cm³/mol. The van der Waals surface area contributed by atoms with Crippen LogP contribution in [-0.2, 0) is 10.2 Å². The number of nitrogens with two attached hydrogens (primary N) is 1. The maximum absolute atomic E-state index is 11.3. The first kappa shape index (κ1) is 20.3. The third-order valence-corrected chi connectivity index (χ3v) is 5.84. The van der Waals surface area contributed by atoms with Crippen molar-refractivity contribution >= 4 is 11.9 Å². The molecular weight excluding hydrogens is 324 g/mol. The van der Waals surface area contributed by atoms with Gasteiger partial charge in [0.25, 0.3) is 0 Å². The van der Waals surface area contributed by atoms with Crippen LogP contribution in [0.2, 0.25) is 0 Å². The molecule has 3 N–H and O–H groups in total. The number of guanidine groups is 1. The number of carbonyl (C=O) groups excluding carboxylic acids is 1. The van der Waals surface area contributed by atoms with Crippen LogP contribution in [0.3, 0.4) is 0 Å². The largest absolute Gasteiger partial charge is 0.370 e. The van der Waals surface area contributed by atoms with Gasteiger partial charge in [-0.3, -0.25) is 9.79 Å². The second-order valence-corrected chi connectivity index (χ2v) is 7.38. The van der Waals surface area contributed by atoms with Gasteiger partial charge >= 0.3 is 0 Å². The summed E-state index contributed by atoms with van der Waals surface area (Å²) in [5.74, 6) is 1.05. The maximum Gasteiger partial charge on any atom is 0.217 e. The first-order chi connectivity index (χ1) is 12.5. The summed E-state index contributed by atoms with van der Waals surface area (Å²) < 4.78 is 0. The highest BCUT2D eigenvalue weighted by Crippen LogP contribution is 2.31. The van der Waals surface area contributed by atoms with E-state index in [4.69, 9.17) is 5.73 Å². The number of rotatable bonds is 7. The number of amides is 1. The maximum atomic E-state index is 11.3. The van der Waals surface area contributed by atoms with Gasteiger partial charge in [-0.2, -0.15) is 0 Å². The van der Waals surface area contributed by atoms with E-state index in [9.17, 15) is 4.79 Å². The van der Waals surface area contributed by atoms with E-state index in [0.717, 1.165) is 51.3 Å². The molecular formula is C21H34N4O. The second kappa shape index (κ2) is 9.60.